The SMILES string of the molecule is CCC(C)(C)NC(=O)c1ccc(OC(C)C)c(OC)c1. The lowest BCUT2D eigenvalue weighted by Gasteiger charge is -2.24. The zero-order valence-electron chi connectivity index (χ0n) is 13.2. The molecule has 0 spiro atoms. The van der Waals surface area contributed by atoms with Crippen LogP contribution in [-0.4, -0.2) is 24.7 Å². The largest absolute Gasteiger partial charge is 0.493 e. The average Bonchev–Trinajstić information content (AvgIpc) is 2.38. The maximum absolute atomic E-state index is 12.2. The Labute approximate surface area is 121 Å². The molecule has 1 aromatic rings. The molecule has 1 N–H and O–H groups in total. The molecule has 0 saturated carbocycles. The Morgan fingerprint density at radius 2 is 1.95 bits per heavy atom. The second-order valence-electron chi connectivity index (χ2n) is 5.72. The third-order valence-electron chi connectivity index (χ3n) is 3.12. The fraction of sp³-hybridized carbons (Fsp3) is 0.562. The first-order chi connectivity index (χ1) is 9.29. The first kappa shape index (κ1) is 16.3. The fourth-order valence-electron chi connectivity index (χ4n) is 1.63. The van der Waals surface area contributed by atoms with Crippen molar-refractivity contribution in [2.75, 3.05) is 7.11 Å². The molecule has 0 heterocycles. The van der Waals surface area contributed by atoms with Gasteiger partial charge >= 0.3 is 0 Å². The molecule has 4 heteroatoms. The number of hydrogen-bond donors (Lipinski definition) is 1. The van der Waals surface area contributed by atoms with Gasteiger partial charge in [0.2, 0.25) is 0 Å². The lowest BCUT2D eigenvalue weighted by atomic mass is 10.0. The van der Waals surface area contributed by atoms with E-state index in [1.807, 2.05) is 34.6 Å². The summed E-state index contributed by atoms with van der Waals surface area (Å²) in [5.74, 6) is 1.11. The summed E-state index contributed by atoms with van der Waals surface area (Å²) >= 11 is 0. The number of carbonyl (C=O) groups excluding carboxylic acids is 1. The quantitative estimate of drug-likeness (QED) is 0.868. The second-order valence-corrected chi connectivity index (χ2v) is 5.72. The highest BCUT2D eigenvalue weighted by Crippen LogP contribution is 2.29. The predicted molar refractivity (Wildman–Crippen MR) is 80.6 cm³/mol. The predicted octanol–water partition coefficient (Wildman–Crippen LogP) is 3.40. The van der Waals surface area contributed by atoms with Crippen LogP contribution in [0, 0.1) is 0 Å². The van der Waals surface area contributed by atoms with E-state index in [-0.39, 0.29) is 17.6 Å². The molecule has 0 bridgehead atoms. The number of methoxy groups -OCH3 is 1. The summed E-state index contributed by atoms with van der Waals surface area (Å²) in [5.41, 5.74) is 0.344. The van der Waals surface area contributed by atoms with Crippen LogP contribution in [0.3, 0.4) is 0 Å². The van der Waals surface area contributed by atoms with Gasteiger partial charge < -0.3 is 14.8 Å². The van der Waals surface area contributed by atoms with Gasteiger partial charge in [-0.2, -0.15) is 0 Å². The van der Waals surface area contributed by atoms with Gasteiger partial charge in [-0.3, -0.25) is 4.79 Å². The van der Waals surface area contributed by atoms with Crippen molar-refractivity contribution in [2.45, 2.75) is 52.7 Å². The van der Waals surface area contributed by atoms with Gasteiger partial charge in [-0.15, -0.1) is 0 Å². The van der Waals surface area contributed by atoms with Crippen molar-refractivity contribution in [1.82, 2.24) is 5.32 Å². The molecule has 0 aliphatic rings. The Morgan fingerprint density at radius 3 is 2.45 bits per heavy atom. The fourth-order valence-corrected chi connectivity index (χ4v) is 1.63. The summed E-state index contributed by atoms with van der Waals surface area (Å²) in [5, 5.41) is 3.00. The molecular weight excluding hydrogens is 254 g/mol. The van der Waals surface area contributed by atoms with Crippen LogP contribution in [0.25, 0.3) is 0 Å². The topological polar surface area (TPSA) is 47.6 Å². The Bertz CT molecular complexity index is 467. The maximum atomic E-state index is 12.2. The van der Waals surface area contributed by atoms with E-state index in [2.05, 4.69) is 5.32 Å². The van der Waals surface area contributed by atoms with Gasteiger partial charge in [0.15, 0.2) is 11.5 Å². The minimum absolute atomic E-state index is 0.0580. The summed E-state index contributed by atoms with van der Waals surface area (Å²) < 4.78 is 10.9. The first-order valence-electron chi connectivity index (χ1n) is 6.96. The van der Waals surface area contributed by atoms with E-state index in [0.717, 1.165) is 6.42 Å². The third kappa shape index (κ3) is 4.44. The van der Waals surface area contributed by atoms with Gasteiger partial charge in [-0.25, -0.2) is 0 Å². The standard InChI is InChI=1S/C16H25NO3/c1-7-16(4,5)17-15(18)12-8-9-13(20-11(2)3)14(10-12)19-6/h8-11H,7H2,1-6H3,(H,17,18). The summed E-state index contributed by atoms with van der Waals surface area (Å²) in [7, 11) is 1.57. The van der Waals surface area contributed by atoms with E-state index in [4.69, 9.17) is 9.47 Å². The van der Waals surface area contributed by atoms with E-state index < -0.39 is 0 Å². The molecule has 1 aromatic carbocycles. The zero-order chi connectivity index (χ0) is 15.3. The Morgan fingerprint density at radius 1 is 1.30 bits per heavy atom. The molecule has 1 rings (SSSR count). The van der Waals surface area contributed by atoms with Gasteiger partial charge in [0.25, 0.3) is 5.91 Å². The van der Waals surface area contributed by atoms with E-state index in [1.54, 1.807) is 25.3 Å². The molecule has 1 amide bonds. The number of nitrogens with one attached hydrogen (secondary N) is 1. The molecule has 0 saturated heterocycles. The van der Waals surface area contributed by atoms with E-state index in [1.165, 1.54) is 0 Å². The van der Waals surface area contributed by atoms with Crippen molar-refractivity contribution in [1.29, 1.82) is 0 Å². The molecule has 0 aromatic heterocycles. The Balaban J connectivity index is 2.95. The third-order valence-corrected chi connectivity index (χ3v) is 3.12. The van der Waals surface area contributed by atoms with E-state index >= 15 is 0 Å². The van der Waals surface area contributed by atoms with Gasteiger partial charge in [0.05, 0.1) is 13.2 Å². The Kier molecular flexibility index (Phi) is 5.43. The molecule has 0 unspecified atom stereocenters. The van der Waals surface area contributed by atoms with Crippen LogP contribution in [0.4, 0.5) is 0 Å². The van der Waals surface area contributed by atoms with Crippen LogP contribution in [0.1, 0.15) is 51.4 Å². The second kappa shape index (κ2) is 6.64. The van der Waals surface area contributed by atoms with E-state index in [0.29, 0.717) is 17.1 Å². The average molecular weight is 279 g/mol. The van der Waals surface area contributed by atoms with Gasteiger partial charge in [0, 0.05) is 11.1 Å². The van der Waals surface area contributed by atoms with Crippen LogP contribution >= 0.6 is 0 Å². The molecule has 0 aliphatic carbocycles. The van der Waals surface area contributed by atoms with Crippen molar-refractivity contribution in [2.24, 2.45) is 0 Å². The van der Waals surface area contributed by atoms with Gasteiger partial charge in [-0.1, -0.05) is 6.92 Å². The molecular formula is C16H25NO3. The number of hydrogen-bond acceptors (Lipinski definition) is 3. The number of benzene rings is 1. The summed E-state index contributed by atoms with van der Waals surface area (Å²) in [6.45, 7) is 9.94. The summed E-state index contributed by atoms with van der Waals surface area (Å²) in [4.78, 5) is 12.2. The monoisotopic (exact) mass is 279 g/mol. The Hall–Kier alpha value is -1.71. The van der Waals surface area contributed by atoms with Crippen molar-refractivity contribution >= 4 is 5.91 Å². The van der Waals surface area contributed by atoms with Crippen molar-refractivity contribution in [3.63, 3.8) is 0 Å². The van der Waals surface area contributed by atoms with E-state index in [9.17, 15) is 4.79 Å². The number of rotatable bonds is 6. The number of amides is 1. The zero-order valence-corrected chi connectivity index (χ0v) is 13.2. The molecule has 112 valence electrons. The van der Waals surface area contributed by atoms with Gasteiger partial charge in [0.1, 0.15) is 0 Å². The molecule has 20 heavy (non-hydrogen) atoms. The normalized spacial score (nSPS) is 11.3. The number of carbonyl (C=O) groups is 1. The van der Waals surface area contributed by atoms with Crippen LogP contribution < -0.4 is 14.8 Å². The van der Waals surface area contributed by atoms with Gasteiger partial charge in [-0.05, 0) is 52.3 Å². The van der Waals surface area contributed by atoms with Crippen LogP contribution in [-0.2, 0) is 0 Å². The summed E-state index contributed by atoms with van der Waals surface area (Å²) in [6.07, 6.45) is 0.923. The van der Waals surface area contributed by atoms with Crippen LogP contribution in [0.2, 0.25) is 0 Å². The van der Waals surface area contributed by atoms with Crippen molar-refractivity contribution in [3.8, 4) is 11.5 Å². The molecule has 0 radical (unpaired) electrons. The van der Waals surface area contributed by atoms with Crippen LogP contribution in [0.15, 0.2) is 18.2 Å². The minimum atomic E-state index is -0.225. The molecule has 0 aliphatic heterocycles. The number of ether oxygens (including phenoxy) is 2. The van der Waals surface area contributed by atoms with Crippen molar-refractivity contribution in [3.05, 3.63) is 23.8 Å². The first-order valence-corrected chi connectivity index (χ1v) is 6.96. The van der Waals surface area contributed by atoms with Crippen LogP contribution in [0.5, 0.6) is 11.5 Å². The molecule has 0 fully saturated rings. The molecule has 4 nitrogen and oxygen atoms in total. The minimum Gasteiger partial charge on any atom is -0.493 e. The summed E-state index contributed by atoms with van der Waals surface area (Å²) in [6, 6.07) is 5.23. The maximum Gasteiger partial charge on any atom is 0.251 e. The molecule has 0 atom stereocenters. The highest BCUT2D eigenvalue weighted by atomic mass is 16.5. The van der Waals surface area contributed by atoms with Crippen molar-refractivity contribution < 1.29 is 14.3 Å². The lowest BCUT2D eigenvalue weighted by Crippen LogP contribution is -2.42. The highest BCUT2D eigenvalue weighted by molar-refractivity contribution is 5.95. The lowest BCUT2D eigenvalue weighted by molar-refractivity contribution is 0.0911. The highest BCUT2D eigenvalue weighted by Gasteiger charge is 2.20. The smallest absolute Gasteiger partial charge is 0.251 e.